The van der Waals surface area contributed by atoms with Crippen molar-refractivity contribution in [3.05, 3.63) is 29.8 Å². The molecule has 0 aliphatic carbocycles. The molecular formula is C13H15NO3. The summed E-state index contributed by atoms with van der Waals surface area (Å²) in [5.41, 5.74) is 0.949. The number of hydrogen-bond acceptors (Lipinski definition) is 4. The number of ether oxygens (including phenoxy) is 2. The summed E-state index contributed by atoms with van der Waals surface area (Å²) in [7, 11) is 0. The Labute approximate surface area is 101 Å². The Kier molecular flexibility index (Phi) is 5.59. The second kappa shape index (κ2) is 7.29. The molecule has 0 unspecified atom stereocenters. The van der Waals surface area contributed by atoms with Gasteiger partial charge in [-0.1, -0.05) is 12.1 Å². The van der Waals surface area contributed by atoms with Crippen LogP contribution in [0.5, 0.6) is 5.75 Å². The van der Waals surface area contributed by atoms with Gasteiger partial charge in [0.15, 0.2) is 0 Å². The van der Waals surface area contributed by atoms with Crippen LogP contribution in [0.4, 0.5) is 0 Å². The number of carbonyl (C=O) groups is 1. The number of hydrogen-bond donors (Lipinski definition) is 0. The van der Waals surface area contributed by atoms with Gasteiger partial charge in [-0.3, -0.25) is 4.79 Å². The molecule has 0 saturated carbocycles. The summed E-state index contributed by atoms with van der Waals surface area (Å²) >= 11 is 0. The summed E-state index contributed by atoms with van der Waals surface area (Å²) in [5.74, 6) is 0.435. The molecule has 1 aromatic carbocycles. The maximum atomic E-state index is 11.0. The third kappa shape index (κ3) is 5.03. The van der Waals surface area contributed by atoms with E-state index >= 15 is 0 Å². The van der Waals surface area contributed by atoms with Gasteiger partial charge in [-0.15, -0.1) is 0 Å². The van der Waals surface area contributed by atoms with Gasteiger partial charge in [0.1, 0.15) is 5.75 Å². The summed E-state index contributed by atoms with van der Waals surface area (Å²) in [5, 5.41) is 8.51. The summed E-state index contributed by atoms with van der Waals surface area (Å²) in [6.45, 7) is 2.46. The van der Waals surface area contributed by atoms with Crippen LogP contribution in [0.3, 0.4) is 0 Å². The van der Waals surface area contributed by atoms with Crippen LogP contribution in [0.1, 0.15) is 18.9 Å². The van der Waals surface area contributed by atoms with Crippen molar-refractivity contribution in [2.75, 3.05) is 13.2 Å². The van der Waals surface area contributed by atoms with E-state index in [-0.39, 0.29) is 12.4 Å². The predicted molar refractivity (Wildman–Crippen MR) is 62.5 cm³/mol. The second-order valence-corrected chi connectivity index (χ2v) is 3.38. The SMILES string of the molecule is CCOC(=O)CCOc1ccc(CC#N)cc1. The molecule has 90 valence electrons. The molecule has 4 nitrogen and oxygen atoms in total. The fourth-order valence-electron chi connectivity index (χ4n) is 1.28. The minimum atomic E-state index is -0.256. The third-order valence-corrected chi connectivity index (χ3v) is 2.09. The molecule has 0 heterocycles. The zero-order valence-corrected chi connectivity index (χ0v) is 9.81. The standard InChI is InChI=1S/C13H15NO3/c1-2-16-13(15)8-10-17-12-5-3-11(4-6-12)7-9-14/h3-6H,2,7-8,10H2,1H3. The Morgan fingerprint density at radius 3 is 2.65 bits per heavy atom. The molecule has 0 fully saturated rings. The molecule has 17 heavy (non-hydrogen) atoms. The summed E-state index contributed by atoms with van der Waals surface area (Å²) in [6, 6.07) is 9.33. The van der Waals surface area contributed by atoms with E-state index in [1.807, 2.05) is 12.1 Å². The lowest BCUT2D eigenvalue weighted by atomic mass is 10.2. The number of nitriles is 1. The van der Waals surface area contributed by atoms with Crippen LogP contribution < -0.4 is 4.74 Å². The van der Waals surface area contributed by atoms with E-state index in [4.69, 9.17) is 14.7 Å². The molecule has 0 aliphatic rings. The van der Waals surface area contributed by atoms with Crippen LogP contribution in [-0.4, -0.2) is 19.2 Å². The number of nitrogens with zero attached hydrogens (tertiary/aromatic N) is 1. The van der Waals surface area contributed by atoms with Crippen molar-refractivity contribution in [1.82, 2.24) is 0 Å². The highest BCUT2D eigenvalue weighted by Gasteiger charge is 2.02. The molecule has 4 heteroatoms. The summed E-state index contributed by atoms with van der Waals surface area (Å²) < 4.78 is 10.1. The van der Waals surface area contributed by atoms with E-state index in [2.05, 4.69) is 6.07 Å². The number of carbonyl (C=O) groups excluding carboxylic acids is 1. The molecule has 0 aliphatic heterocycles. The van der Waals surface area contributed by atoms with Gasteiger partial charge in [0.25, 0.3) is 0 Å². The molecule has 0 aromatic heterocycles. The average Bonchev–Trinajstić information content (AvgIpc) is 2.32. The van der Waals surface area contributed by atoms with Gasteiger partial charge in [-0.05, 0) is 24.6 Å². The zero-order valence-electron chi connectivity index (χ0n) is 9.81. The first-order valence-electron chi connectivity index (χ1n) is 5.50. The first kappa shape index (κ1) is 13.0. The molecule has 0 amide bonds. The fraction of sp³-hybridized carbons (Fsp3) is 0.385. The van der Waals surface area contributed by atoms with Crippen molar-refractivity contribution in [2.45, 2.75) is 19.8 Å². The first-order chi connectivity index (χ1) is 8.26. The lowest BCUT2D eigenvalue weighted by molar-refractivity contribution is -0.143. The Bertz CT molecular complexity index is 392. The molecule has 0 N–H and O–H groups in total. The van der Waals surface area contributed by atoms with Crippen LogP contribution in [0.25, 0.3) is 0 Å². The largest absolute Gasteiger partial charge is 0.493 e. The van der Waals surface area contributed by atoms with E-state index in [1.54, 1.807) is 19.1 Å². The van der Waals surface area contributed by atoms with E-state index in [1.165, 1.54) is 0 Å². The van der Waals surface area contributed by atoms with Gasteiger partial charge in [-0.25, -0.2) is 0 Å². The molecule has 0 atom stereocenters. The normalized spacial score (nSPS) is 9.41. The predicted octanol–water partition coefficient (Wildman–Crippen LogP) is 2.08. The van der Waals surface area contributed by atoms with Crippen molar-refractivity contribution >= 4 is 5.97 Å². The minimum Gasteiger partial charge on any atom is -0.493 e. The Balaban J connectivity index is 2.32. The topological polar surface area (TPSA) is 59.3 Å². The first-order valence-corrected chi connectivity index (χ1v) is 5.50. The fourth-order valence-corrected chi connectivity index (χ4v) is 1.28. The number of benzene rings is 1. The van der Waals surface area contributed by atoms with Gasteiger partial charge in [0.05, 0.1) is 32.1 Å². The van der Waals surface area contributed by atoms with Crippen LogP contribution in [0.2, 0.25) is 0 Å². The smallest absolute Gasteiger partial charge is 0.309 e. The molecule has 0 saturated heterocycles. The lowest BCUT2D eigenvalue weighted by Crippen LogP contribution is -2.09. The van der Waals surface area contributed by atoms with Gasteiger partial charge in [-0.2, -0.15) is 5.26 Å². The number of esters is 1. The second-order valence-electron chi connectivity index (χ2n) is 3.38. The molecule has 0 radical (unpaired) electrons. The highest BCUT2D eigenvalue weighted by molar-refractivity contribution is 5.69. The maximum absolute atomic E-state index is 11.0. The average molecular weight is 233 g/mol. The zero-order chi connectivity index (χ0) is 12.5. The number of rotatable bonds is 6. The van der Waals surface area contributed by atoms with Crippen LogP contribution in [-0.2, 0) is 16.0 Å². The van der Waals surface area contributed by atoms with Crippen LogP contribution in [0, 0.1) is 11.3 Å². The Morgan fingerprint density at radius 1 is 1.35 bits per heavy atom. The Hall–Kier alpha value is -2.02. The van der Waals surface area contributed by atoms with Crippen molar-refractivity contribution in [3.8, 4) is 11.8 Å². The monoisotopic (exact) mass is 233 g/mol. The molecular weight excluding hydrogens is 218 g/mol. The molecule has 1 aromatic rings. The third-order valence-electron chi connectivity index (χ3n) is 2.09. The van der Waals surface area contributed by atoms with Crippen molar-refractivity contribution < 1.29 is 14.3 Å². The van der Waals surface area contributed by atoms with Crippen LogP contribution >= 0.6 is 0 Å². The minimum absolute atomic E-state index is 0.244. The highest BCUT2D eigenvalue weighted by Crippen LogP contribution is 2.12. The van der Waals surface area contributed by atoms with Gasteiger partial charge in [0.2, 0.25) is 0 Å². The quantitative estimate of drug-likeness (QED) is 0.706. The Morgan fingerprint density at radius 2 is 2.06 bits per heavy atom. The van der Waals surface area contributed by atoms with Gasteiger partial charge >= 0.3 is 5.97 Å². The molecule has 0 spiro atoms. The van der Waals surface area contributed by atoms with E-state index in [9.17, 15) is 4.79 Å². The summed E-state index contributed by atoms with van der Waals surface area (Å²) in [6.07, 6.45) is 0.636. The van der Waals surface area contributed by atoms with Gasteiger partial charge < -0.3 is 9.47 Å². The van der Waals surface area contributed by atoms with E-state index in [0.29, 0.717) is 25.4 Å². The highest BCUT2D eigenvalue weighted by atomic mass is 16.5. The summed E-state index contributed by atoms with van der Waals surface area (Å²) in [4.78, 5) is 11.0. The van der Waals surface area contributed by atoms with E-state index < -0.39 is 0 Å². The van der Waals surface area contributed by atoms with Crippen LogP contribution in [0.15, 0.2) is 24.3 Å². The van der Waals surface area contributed by atoms with Crippen molar-refractivity contribution in [1.29, 1.82) is 5.26 Å². The molecule has 1 rings (SSSR count). The lowest BCUT2D eigenvalue weighted by Gasteiger charge is -2.06. The maximum Gasteiger partial charge on any atom is 0.309 e. The van der Waals surface area contributed by atoms with Crippen molar-refractivity contribution in [3.63, 3.8) is 0 Å². The molecule has 0 bridgehead atoms. The van der Waals surface area contributed by atoms with E-state index in [0.717, 1.165) is 5.56 Å². The van der Waals surface area contributed by atoms with Crippen molar-refractivity contribution in [2.24, 2.45) is 0 Å². The van der Waals surface area contributed by atoms with Gasteiger partial charge in [0, 0.05) is 0 Å².